The standard InChI is InChI=1S/C6H7O/c1-3-6(4-2)5-7/h3-4,6H,1-2H2. The Bertz CT molecular complexity index is 65.2. The molecule has 7 heavy (non-hydrogen) atoms. The number of allylic oxidation sites excluding steroid dienone is 2. The van der Waals surface area contributed by atoms with Crippen molar-refractivity contribution in [3.8, 4) is 0 Å². The first-order valence-corrected chi connectivity index (χ1v) is 1.98. The van der Waals surface area contributed by atoms with Crippen LogP contribution in [0.5, 0.6) is 0 Å². The molecule has 0 aromatic rings. The molecule has 0 bridgehead atoms. The fourth-order valence-electron chi connectivity index (χ4n) is 0.192. The maximum absolute atomic E-state index is 9.70. The van der Waals surface area contributed by atoms with Crippen LogP contribution < -0.4 is 0 Å². The Morgan fingerprint density at radius 2 is 1.86 bits per heavy atom. The molecular formula is C6H7O. The Kier molecular flexibility index (Phi) is 2.94. The smallest absolute Gasteiger partial charge is 0.209 e. The largest absolute Gasteiger partial charge is 0.290 e. The van der Waals surface area contributed by atoms with Crippen molar-refractivity contribution < 1.29 is 4.79 Å². The highest BCUT2D eigenvalue weighted by Crippen LogP contribution is 1.90. The Balaban J connectivity index is 3.57. The molecule has 37 valence electrons. The van der Waals surface area contributed by atoms with Crippen LogP contribution in [0.25, 0.3) is 0 Å². The van der Waals surface area contributed by atoms with Gasteiger partial charge in [-0.2, -0.15) is 0 Å². The van der Waals surface area contributed by atoms with E-state index >= 15 is 0 Å². The van der Waals surface area contributed by atoms with Crippen LogP contribution in [0, 0.1) is 5.92 Å². The topological polar surface area (TPSA) is 17.1 Å². The molecule has 0 aliphatic carbocycles. The Morgan fingerprint density at radius 3 is 1.86 bits per heavy atom. The molecule has 0 amide bonds. The minimum absolute atomic E-state index is 0.292. The van der Waals surface area contributed by atoms with Gasteiger partial charge in [0.1, 0.15) is 0 Å². The summed E-state index contributed by atoms with van der Waals surface area (Å²) in [6.45, 7) is 6.74. The van der Waals surface area contributed by atoms with Gasteiger partial charge >= 0.3 is 0 Å². The van der Waals surface area contributed by atoms with Gasteiger partial charge in [0.05, 0.1) is 5.92 Å². The van der Waals surface area contributed by atoms with E-state index in [9.17, 15) is 4.79 Å². The number of hydrogen-bond donors (Lipinski definition) is 0. The molecule has 0 unspecified atom stereocenters. The summed E-state index contributed by atoms with van der Waals surface area (Å²) in [6, 6.07) is 0. The maximum Gasteiger partial charge on any atom is 0.209 e. The minimum Gasteiger partial charge on any atom is -0.290 e. The summed E-state index contributed by atoms with van der Waals surface area (Å²) in [4.78, 5) is 9.70. The van der Waals surface area contributed by atoms with E-state index in [1.165, 1.54) is 12.2 Å². The van der Waals surface area contributed by atoms with Crippen LogP contribution in [0.3, 0.4) is 0 Å². The molecule has 0 aromatic carbocycles. The van der Waals surface area contributed by atoms with Gasteiger partial charge in [0, 0.05) is 0 Å². The zero-order chi connectivity index (χ0) is 5.70. The first-order valence-electron chi connectivity index (χ1n) is 1.98. The summed E-state index contributed by atoms with van der Waals surface area (Å²) >= 11 is 0. The molecule has 1 nitrogen and oxygen atoms in total. The van der Waals surface area contributed by atoms with E-state index in [1.807, 2.05) is 0 Å². The molecule has 0 aliphatic rings. The molecule has 0 N–H and O–H groups in total. The lowest BCUT2D eigenvalue weighted by Gasteiger charge is -1.85. The van der Waals surface area contributed by atoms with Crippen LogP contribution in [0.1, 0.15) is 0 Å². The van der Waals surface area contributed by atoms with Gasteiger partial charge in [-0.1, -0.05) is 12.2 Å². The molecule has 0 aromatic heterocycles. The Hall–Kier alpha value is -0.850. The predicted octanol–water partition coefficient (Wildman–Crippen LogP) is 1.08. The third-order valence-corrected chi connectivity index (χ3v) is 0.644. The summed E-state index contributed by atoms with van der Waals surface area (Å²) < 4.78 is 0. The maximum atomic E-state index is 9.70. The van der Waals surface area contributed by atoms with Crippen LogP contribution in [-0.4, -0.2) is 6.29 Å². The third-order valence-electron chi connectivity index (χ3n) is 0.644. The van der Waals surface area contributed by atoms with Crippen molar-refractivity contribution in [3.05, 3.63) is 25.3 Å². The zero-order valence-corrected chi connectivity index (χ0v) is 4.05. The van der Waals surface area contributed by atoms with Crippen molar-refractivity contribution in [3.63, 3.8) is 0 Å². The second-order valence-corrected chi connectivity index (χ2v) is 1.12. The highest BCUT2D eigenvalue weighted by Gasteiger charge is 1.90. The van der Waals surface area contributed by atoms with E-state index in [-0.39, 0.29) is 5.92 Å². The first kappa shape index (κ1) is 6.15. The second-order valence-electron chi connectivity index (χ2n) is 1.12. The number of rotatable bonds is 3. The van der Waals surface area contributed by atoms with Crippen LogP contribution in [0.4, 0.5) is 0 Å². The summed E-state index contributed by atoms with van der Waals surface area (Å²) in [5.74, 6) is -0.292. The average molecular weight is 95.1 g/mol. The Labute approximate surface area is 43.3 Å². The highest BCUT2D eigenvalue weighted by atomic mass is 16.1. The van der Waals surface area contributed by atoms with Crippen molar-refractivity contribution >= 4 is 6.29 Å². The third kappa shape index (κ3) is 1.93. The van der Waals surface area contributed by atoms with E-state index in [2.05, 4.69) is 13.2 Å². The molecule has 0 spiro atoms. The van der Waals surface area contributed by atoms with Gasteiger partial charge in [0.2, 0.25) is 6.29 Å². The molecule has 0 atom stereocenters. The van der Waals surface area contributed by atoms with Crippen molar-refractivity contribution in [2.24, 2.45) is 5.92 Å². The predicted molar refractivity (Wildman–Crippen MR) is 29.6 cm³/mol. The normalized spacial score (nSPS) is 8.14. The molecule has 0 rings (SSSR count). The molecule has 0 aliphatic heterocycles. The molecule has 1 heteroatoms. The van der Waals surface area contributed by atoms with E-state index < -0.39 is 0 Å². The number of carbonyl (C=O) groups excluding carboxylic acids is 1. The fourth-order valence-corrected chi connectivity index (χ4v) is 0.192. The first-order chi connectivity index (χ1) is 3.35. The van der Waals surface area contributed by atoms with Crippen LogP contribution >= 0.6 is 0 Å². The van der Waals surface area contributed by atoms with E-state index in [1.54, 1.807) is 6.29 Å². The summed E-state index contributed by atoms with van der Waals surface area (Å²) in [5, 5.41) is 0. The van der Waals surface area contributed by atoms with Gasteiger partial charge in [-0.25, -0.2) is 0 Å². The van der Waals surface area contributed by atoms with Crippen LogP contribution in [-0.2, 0) is 4.79 Å². The van der Waals surface area contributed by atoms with Crippen molar-refractivity contribution in [1.29, 1.82) is 0 Å². The molecule has 0 saturated carbocycles. The van der Waals surface area contributed by atoms with Crippen molar-refractivity contribution in [2.75, 3.05) is 0 Å². The monoisotopic (exact) mass is 95.0 g/mol. The van der Waals surface area contributed by atoms with Gasteiger partial charge in [-0.3, -0.25) is 4.79 Å². The van der Waals surface area contributed by atoms with Crippen molar-refractivity contribution in [1.82, 2.24) is 0 Å². The SMILES string of the molecule is C=CC([C]=O)C=C. The second kappa shape index (κ2) is 3.34. The highest BCUT2D eigenvalue weighted by molar-refractivity contribution is 5.59. The zero-order valence-electron chi connectivity index (χ0n) is 4.05. The molecule has 1 radical (unpaired) electrons. The van der Waals surface area contributed by atoms with Gasteiger partial charge < -0.3 is 0 Å². The fraction of sp³-hybridized carbons (Fsp3) is 0.167. The summed E-state index contributed by atoms with van der Waals surface area (Å²) in [6.07, 6.45) is 4.69. The van der Waals surface area contributed by atoms with Gasteiger partial charge in [-0.05, 0) is 0 Å². The van der Waals surface area contributed by atoms with Gasteiger partial charge in [0.25, 0.3) is 0 Å². The Morgan fingerprint density at radius 1 is 1.43 bits per heavy atom. The lowest BCUT2D eigenvalue weighted by atomic mass is 10.2. The van der Waals surface area contributed by atoms with E-state index in [0.717, 1.165) is 0 Å². The van der Waals surface area contributed by atoms with Gasteiger partial charge in [-0.15, -0.1) is 13.2 Å². The number of hydrogen-bond acceptors (Lipinski definition) is 1. The molecule has 0 fully saturated rings. The quantitative estimate of drug-likeness (QED) is 0.479. The molecular weight excluding hydrogens is 88.1 g/mol. The van der Waals surface area contributed by atoms with Crippen LogP contribution in [0.15, 0.2) is 25.3 Å². The van der Waals surface area contributed by atoms with Gasteiger partial charge in [0.15, 0.2) is 0 Å². The lowest BCUT2D eigenvalue weighted by Crippen LogP contribution is -1.88. The van der Waals surface area contributed by atoms with E-state index in [4.69, 9.17) is 0 Å². The minimum atomic E-state index is -0.292. The van der Waals surface area contributed by atoms with E-state index in [0.29, 0.717) is 0 Å². The average Bonchev–Trinajstić information content (AvgIpc) is 1.72. The lowest BCUT2D eigenvalue weighted by molar-refractivity contribution is 0.548. The summed E-state index contributed by atoms with van der Waals surface area (Å²) in [7, 11) is 0. The van der Waals surface area contributed by atoms with Crippen molar-refractivity contribution in [2.45, 2.75) is 0 Å². The molecule has 0 heterocycles. The summed E-state index contributed by atoms with van der Waals surface area (Å²) in [5.41, 5.74) is 0. The molecule has 0 saturated heterocycles. The van der Waals surface area contributed by atoms with Crippen LogP contribution in [0.2, 0.25) is 0 Å².